The Morgan fingerprint density at radius 3 is 2.79 bits per heavy atom. The molecule has 0 bridgehead atoms. The Bertz CT molecular complexity index is 221. The molecule has 1 aliphatic rings. The molecular weight excluding hydrogens is 236 g/mol. The molecule has 1 N–H and O–H groups in total. The highest BCUT2D eigenvalue weighted by molar-refractivity contribution is 4.78. The summed E-state index contributed by atoms with van der Waals surface area (Å²) in [5.74, 6) is 0.747. The number of nitrogens with zero attached hydrogens (tertiary/aromatic N) is 1. The minimum absolute atomic E-state index is 0.472. The van der Waals surface area contributed by atoms with Crippen molar-refractivity contribution >= 4 is 0 Å². The van der Waals surface area contributed by atoms with Crippen LogP contribution < -0.4 is 5.32 Å². The average Bonchev–Trinajstić information content (AvgIpc) is 2.41. The smallest absolute Gasteiger partial charge is 0.0702 e. The van der Waals surface area contributed by atoms with Gasteiger partial charge in [-0.05, 0) is 58.2 Å². The number of piperidine rings is 1. The number of rotatable bonds is 9. The van der Waals surface area contributed by atoms with E-state index in [-0.39, 0.29) is 0 Å². The van der Waals surface area contributed by atoms with E-state index in [0.717, 1.165) is 38.6 Å². The third-order valence-electron chi connectivity index (χ3n) is 3.88. The topological polar surface area (TPSA) is 24.5 Å². The lowest BCUT2D eigenvalue weighted by molar-refractivity contribution is -0.0112. The highest BCUT2D eigenvalue weighted by atomic mass is 16.5. The zero-order valence-corrected chi connectivity index (χ0v) is 13.5. The van der Waals surface area contributed by atoms with Gasteiger partial charge >= 0.3 is 0 Å². The fourth-order valence-electron chi connectivity index (χ4n) is 2.67. The highest BCUT2D eigenvalue weighted by Crippen LogP contribution is 2.17. The van der Waals surface area contributed by atoms with Gasteiger partial charge in [-0.2, -0.15) is 0 Å². The molecule has 1 aliphatic heterocycles. The molecule has 0 saturated carbocycles. The van der Waals surface area contributed by atoms with E-state index in [9.17, 15) is 0 Å². The van der Waals surface area contributed by atoms with Gasteiger partial charge in [-0.25, -0.2) is 0 Å². The zero-order valence-electron chi connectivity index (χ0n) is 13.5. The van der Waals surface area contributed by atoms with Gasteiger partial charge in [0.05, 0.1) is 6.10 Å². The lowest BCUT2D eigenvalue weighted by atomic mass is 10.0. The van der Waals surface area contributed by atoms with Gasteiger partial charge in [0, 0.05) is 19.2 Å². The minimum atomic E-state index is 0.472. The van der Waals surface area contributed by atoms with Crippen LogP contribution in [0.15, 0.2) is 0 Å². The molecular formula is C16H34N2O. The van der Waals surface area contributed by atoms with Gasteiger partial charge in [-0.1, -0.05) is 20.8 Å². The van der Waals surface area contributed by atoms with Crippen LogP contribution in [0.2, 0.25) is 0 Å². The Morgan fingerprint density at radius 2 is 2.11 bits per heavy atom. The Hall–Kier alpha value is -0.120. The van der Waals surface area contributed by atoms with Gasteiger partial charge in [-0.3, -0.25) is 4.90 Å². The Morgan fingerprint density at radius 1 is 1.32 bits per heavy atom. The van der Waals surface area contributed by atoms with Gasteiger partial charge < -0.3 is 10.1 Å². The van der Waals surface area contributed by atoms with Crippen molar-refractivity contribution in [2.75, 3.05) is 32.8 Å². The van der Waals surface area contributed by atoms with Crippen molar-refractivity contribution in [3.05, 3.63) is 0 Å². The third-order valence-corrected chi connectivity index (χ3v) is 3.88. The van der Waals surface area contributed by atoms with Crippen LogP contribution in [-0.4, -0.2) is 49.8 Å². The van der Waals surface area contributed by atoms with Crippen molar-refractivity contribution in [1.29, 1.82) is 0 Å². The molecule has 19 heavy (non-hydrogen) atoms. The van der Waals surface area contributed by atoms with Gasteiger partial charge in [0.2, 0.25) is 0 Å². The molecule has 2 unspecified atom stereocenters. The molecule has 0 radical (unpaired) electrons. The van der Waals surface area contributed by atoms with Crippen LogP contribution in [0.25, 0.3) is 0 Å². The first-order valence-electron chi connectivity index (χ1n) is 8.19. The second kappa shape index (κ2) is 9.73. The quantitative estimate of drug-likeness (QED) is 0.652. The van der Waals surface area contributed by atoms with Crippen molar-refractivity contribution in [3.63, 3.8) is 0 Å². The first kappa shape index (κ1) is 16.9. The van der Waals surface area contributed by atoms with Crippen LogP contribution in [0.1, 0.15) is 53.4 Å². The number of nitrogens with one attached hydrogen (secondary N) is 1. The van der Waals surface area contributed by atoms with E-state index in [2.05, 4.69) is 37.9 Å². The van der Waals surface area contributed by atoms with E-state index in [0.29, 0.717) is 12.1 Å². The molecule has 1 fully saturated rings. The molecule has 3 heteroatoms. The van der Waals surface area contributed by atoms with E-state index in [4.69, 9.17) is 4.74 Å². The Balaban J connectivity index is 2.18. The van der Waals surface area contributed by atoms with Crippen LogP contribution in [-0.2, 0) is 4.74 Å². The van der Waals surface area contributed by atoms with Crippen LogP contribution in [0.5, 0.6) is 0 Å². The van der Waals surface area contributed by atoms with Gasteiger partial charge in [-0.15, -0.1) is 0 Å². The molecule has 1 heterocycles. The number of hydrogen-bond donors (Lipinski definition) is 1. The lowest BCUT2D eigenvalue weighted by Crippen LogP contribution is -2.45. The molecule has 0 aromatic heterocycles. The molecule has 0 amide bonds. The molecule has 114 valence electrons. The molecule has 1 saturated heterocycles. The monoisotopic (exact) mass is 270 g/mol. The molecule has 0 aromatic carbocycles. The zero-order chi connectivity index (χ0) is 14.1. The van der Waals surface area contributed by atoms with E-state index >= 15 is 0 Å². The SMILES string of the molecule is CCCOC1CCCN(C(C)CCNCC(C)C)C1. The summed E-state index contributed by atoms with van der Waals surface area (Å²) in [7, 11) is 0. The van der Waals surface area contributed by atoms with Crippen molar-refractivity contribution in [3.8, 4) is 0 Å². The maximum absolute atomic E-state index is 5.91. The maximum Gasteiger partial charge on any atom is 0.0702 e. The summed E-state index contributed by atoms with van der Waals surface area (Å²) in [6.45, 7) is 14.6. The van der Waals surface area contributed by atoms with Crippen molar-refractivity contribution in [1.82, 2.24) is 10.2 Å². The third kappa shape index (κ3) is 7.28. The summed E-state index contributed by atoms with van der Waals surface area (Å²) >= 11 is 0. The standard InChI is InChI=1S/C16H34N2O/c1-5-11-19-16-7-6-10-18(13-16)15(4)8-9-17-12-14(2)3/h14-17H,5-13H2,1-4H3. The van der Waals surface area contributed by atoms with Gasteiger partial charge in [0.15, 0.2) is 0 Å². The van der Waals surface area contributed by atoms with Gasteiger partial charge in [0.1, 0.15) is 0 Å². The van der Waals surface area contributed by atoms with Crippen molar-refractivity contribution in [2.45, 2.75) is 65.5 Å². The fraction of sp³-hybridized carbons (Fsp3) is 1.00. The Kier molecular flexibility index (Phi) is 8.67. The molecule has 1 rings (SSSR count). The maximum atomic E-state index is 5.91. The summed E-state index contributed by atoms with van der Waals surface area (Å²) < 4.78 is 5.91. The molecule has 3 nitrogen and oxygen atoms in total. The second-order valence-corrected chi connectivity index (χ2v) is 6.37. The molecule has 0 aliphatic carbocycles. The van der Waals surface area contributed by atoms with Crippen molar-refractivity contribution in [2.24, 2.45) is 5.92 Å². The summed E-state index contributed by atoms with van der Waals surface area (Å²) in [6.07, 6.45) is 5.38. The molecule has 0 spiro atoms. The van der Waals surface area contributed by atoms with Crippen LogP contribution >= 0.6 is 0 Å². The predicted molar refractivity (Wildman–Crippen MR) is 82.6 cm³/mol. The first-order chi connectivity index (χ1) is 9.13. The second-order valence-electron chi connectivity index (χ2n) is 6.37. The lowest BCUT2D eigenvalue weighted by Gasteiger charge is -2.36. The molecule has 2 atom stereocenters. The van der Waals surface area contributed by atoms with E-state index in [1.165, 1.54) is 25.8 Å². The largest absolute Gasteiger partial charge is 0.377 e. The summed E-state index contributed by atoms with van der Waals surface area (Å²) in [5, 5.41) is 3.54. The number of hydrogen-bond acceptors (Lipinski definition) is 3. The van der Waals surface area contributed by atoms with E-state index < -0.39 is 0 Å². The van der Waals surface area contributed by atoms with Crippen LogP contribution in [0.3, 0.4) is 0 Å². The fourth-order valence-corrected chi connectivity index (χ4v) is 2.67. The van der Waals surface area contributed by atoms with E-state index in [1.807, 2.05) is 0 Å². The first-order valence-corrected chi connectivity index (χ1v) is 8.19. The summed E-state index contributed by atoms with van der Waals surface area (Å²) in [5.41, 5.74) is 0. The predicted octanol–water partition coefficient (Wildman–Crippen LogP) is 2.90. The minimum Gasteiger partial charge on any atom is -0.377 e. The van der Waals surface area contributed by atoms with Gasteiger partial charge in [0.25, 0.3) is 0 Å². The summed E-state index contributed by atoms with van der Waals surface area (Å²) in [4.78, 5) is 2.61. The number of likely N-dealkylation sites (tertiary alicyclic amines) is 1. The highest BCUT2D eigenvalue weighted by Gasteiger charge is 2.23. The average molecular weight is 270 g/mol. The van der Waals surface area contributed by atoms with Crippen molar-refractivity contribution < 1.29 is 4.74 Å². The van der Waals surface area contributed by atoms with Crippen LogP contribution in [0.4, 0.5) is 0 Å². The number of ether oxygens (including phenoxy) is 1. The van der Waals surface area contributed by atoms with Crippen LogP contribution in [0, 0.1) is 5.92 Å². The molecule has 0 aromatic rings. The Labute approximate surface area is 120 Å². The summed E-state index contributed by atoms with van der Waals surface area (Å²) in [6, 6.07) is 0.674. The normalized spacial score (nSPS) is 22.9. The van der Waals surface area contributed by atoms with E-state index in [1.54, 1.807) is 0 Å².